The molecule has 12 aromatic rings. The molecule has 3 aromatic heterocycles. The Balaban J connectivity index is 0.955. The topological polar surface area (TPSA) is 38.7 Å². The molecule has 9 aromatic carbocycles. The average molecular weight is 794 g/mol. The van der Waals surface area contributed by atoms with Crippen molar-refractivity contribution in [2.24, 2.45) is 0 Å². The highest BCUT2D eigenvalue weighted by atomic mass is 32.1. The van der Waals surface area contributed by atoms with E-state index in [1.54, 1.807) is 0 Å². The standard InChI is InChI=1S/C57H35N3S/c1-3-14-37(15-4-1)50-35-51(38-16-5-2-6-17-38)60-57(59-50)39-28-26-36(27-29-39)40-19-13-20-41(32-40)42-30-31-47-52(34-42)58-55(56-54(47)48-24-11-12-25-53(48)61-56)49-33-43-18-7-8-21-44(43)45-22-9-10-23-46(45)49/h1-35H. The van der Waals surface area contributed by atoms with E-state index in [1.165, 1.54) is 47.1 Å². The SMILES string of the molecule is c1ccc(-c2cc(-c3ccccc3)nc(-c3ccc(-c4cccc(-c5ccc6c(c5)nc(-c5cc7ccccc7c7ccccc57)c5sc7ccccc7c56)c4)cc3)n2)cc1. The minimum absolute atomic E-state index is 0.702. The lowest BCUT2D eigenvalue weighted by molar-refractivity contribution is 1.18. The molecule has 0 amide bonds. The summed E-state index contributed by atoms with van der Waals surface area (Å²) in [6, 6.07) is 75.5. The Bertz CT molecular complexity index is 3570. The summed E-state index contributed by atoms with van der Waals surface area (Å²) in [6.45, 7) is 0. The maximum Gasteiger partial charge on any atom is 0.160 e. The largest absolute Gasteiger partial charge is 0.246 e. The number of aromatic nitrogens is 3. The Kier molecular flexibility index (Phi) is 8.36. The van der Waals surface area contributed by atoms with E-state index in [-0.39, 0.29) is 0 Å². The first-order valence-corrected chi connectivity index (χ1v) is 21.4. The van der Waals surface area contributed by atoms with Crippen LogP contribution in [0.5, 0.6) is 0 Å². The Morgan fingerprint density at radius 1 is 0.328 bits per heavy atom. The van der Waals surface area contributed by atoms with Gasteiger partial charge in [-0.15, -0.1) is 11.3 Å². The highest BCUT2D eigenvalue weighted by molar-refractivity contribution is 7.26. The summed E-state index contributed by atoms with van der Waals surface area (Å²) < 4.78 is 2.49. The van der Waals surface area contributed by atoms with E-state index in [0.29, 0.717) is 5.82 Å². The van der Waals surface area contributed by atoms with Gasteiger partial charge < -0.3 is 0 Å². The third kappa shape index (κ3) is 6.16. The summed E-state index contributed by atoms with van der Waals surface area (Å²) in [6.07, 6.45) is 0. The normalized spacial score (nSPS) is 11.6. The van der Waals surface area contributed by atoms with Crippen LogP contribution in [-0.2, 0) is 0 Å². The van der Waals surface area contributed by atoms with Crippen molar-refractivity contribution >= 4 is 64.0 Å². The third-order valence-corrected chi connectivity index (χ3v) is 13.0. The summed E-state index contributed by atoms with van der Waals surface area (Å²) in [7, 11) is 0. The number of rotatable bonds is 6. The zero-order valence-electron chi connectivity index (χ0n) is 33.0. The van der Waals surface area contributed by atoms with Crippen LogP contribution in [-0.4, -0.2) is 15.0 Å². The molecule has 0 N–H and O–H groups in total. The number of hydrogen-bond donors (Lipinski definition) is 0. The van der Waals surface area contributed by atoms with Crippen LogP contribution in [0, 0.1) is 0 Å². The molecule has 0 unspecified atom stereocenters. The Labute approximate surface area is 356 Å². The molecule has 0 radical (unpaired) electrons. The van der Waals surface area contributed by atoms with E-state index < -0.39 is 0 Å². The van der Waals surface area contributed by atoms with Crippen molar-refractivity contribution < 1.29 is 0 Å². The lowest BCUT2D eigenvalue weighted by Crippen LogP contribution is -1.95. The molecule has 0 bridgehead atoms. The smallest absolute Gasteiger partial charge is 0.160 e. The number of thiophene rings is 1. The molecule has 0 aliphatic carbocycles. The van der Waals surface area contributed by atoms with Gasteiger partial charge >= 0.3 is 0 Å². The van der Waals surface area contributed by atoms with Gasteiger partial charge in [0, 0.05) is 43.1 Å². The van der Waals surface area contributed by atoms with E-state index >= 15 is 0 Å². The molecular weight excluding hydrogens is 759 g/mol. The fourth-order valence-corrected chi connectivity index (χ4v) is 10.1. The minimum Gasteiger partial charge on any atom is -0.246 e. The number of pyridine rings is 1. The average Bonchev–Trinajstić information content (AvgIpc) is 3.74. The maximum atomic E-state index is 5.58. The van der Waals surface area contributed by atoms with Crippen LogP contribution in [0.15, 0.2) is 212 Å². The van der Waals surface area contributed by atoms with Crippen LogP contribution in [0.1, 0.15) is 0 Å². The lowest BCUT2D eigenvalue weighted by atomic mass is 9.93. The zero-order chi connectivity index (χ0) is 40.3. The highest BCUT2D eigenvalue weighted by Crippen LogP contribution is 2.46. The molecule has 0 atom stereocenters. The van der Waals surface area contributed by atoms with Crippen LogP contribution < -0.4 is 0 Å². The second-order valence-corrected chi connectivity index (χ2v) is 16.6. The van der Waals surface area contributed by atoms with Crippen LogP contribution >= 0.6 is 11.3 Å². The van der Waals surface area contributed by atoms with Crippen molar-refractivity contribution in [1.82, 2.24) is 15.0 Å². The molecule has 0 aliphatic heterocycles. The molecule has 0 fully saturated rings. The Hall–Kier alpha value is -7.79. The summed E-state index contributed by atoms with van der Waals surface area (Å²) in [5.74, 6) is 0.702. The maximum absolute atomic E-state index is 5.58. The molecule has 12 rings (SSSR count). The molecule has 61 heavy (non-hydrogen) atoms. The number of hydrogen-bond acceptors (Lipinski definition) is 4. The fourth-order valence-electron chi connectivity index (χ4n) is 8.88. The Morgan fingerprint density at radius 3 is 1.62 bits per heavy atom. The van der Waals surface area contributed by atoms with E-state index in [0.717, 1.165) is 67.1 Å². The zero-order valence-corrected chi connectivity index (χ0v) is 33.8. The van der Waals surface area contributed by atoms with Crippen molar-refractivity contribution in [1.29, 1.82) is 0 Å². The number of nitrogens with zero attached hydrogens (tertiary/aromatic N) is 3. The third-order valence-electron chi connectivity index (χ3n) is 11.9. The van der Waals surface area contributed by atoms with Gasteiger partial charge in [-0.2, -0.15) is 0 Å². The fraction of sp³-hybridized carbons (Fsp3) is 0. The van der Waals surface area contributed by atoms with E-state index in [4.69, 9.17) is 15.0 Å². The van der Waals surface area contributed by atoms with E-state index in [9.17, 15) is 0 Å². The predicted octanol–water partition coefficient (Wildman–Crippen LogP) is 15.7. The first kappa shape index (κ1) is 35.2. The quantitative estimate of drug-likeness (QED) is 0.157. The van der Waals surface area contributed by atoms with Crippen molar-refractivity contribution in [2.75, 3.05) is 0 Å². The second kappa shape index (κ2) is 14.5. The van der Waals surface area contributed by atoms with E-state index in [1.807, 2.05) is 47.7 Å². The van der Waals surface area contributed by atoms with Crippen LogP contribution in [0.3, 0.4) is 0 Å². The molecule has 0 spiro atoms. The van der Waals surface area contributed by atoms with Gasteiger partial charge in [-0.3, -0.25) is 0 Å². The Morgan fingerprint density at radius 2 is 0.885 bits per heavy atom. The molecular formula is C57H35N3S. The van der Waals surface area contributed by atoms with Gasteiger partial charge in [0.2, 0.25) is 0 Å². The van der Waals surface area contributed by atoms with Crippen LogP contribution in [0.2, 0.25) is 0 Å². The van der Waals surface area contributed by atoms with Crippen molar-refractivity contribution in [3.63, 3.8) is 0 Å². The van der Waals surface area contributed by atoms with Crippen LogP contribution in [0.25, 0.3) is 120 Å². The second-order valence-electron chi connectivity index (χ2n) is 15.5. The van der Waals surface area contributed by atoms with Gasteiger partial charge in [0.05, 0.1) is 27.3 Å². The summed E-state index contributed by atoms with van der Waals surface area (Å²) >= 11 is 1.84. The van der Waals surface area contributed by atoms with Crippen molar-refractivity contribution in [3.8, 4) is 67.4 Å². The molecule has 0 saturated heterocycles. The molecule has 3 nitrogen and oxygen atoms in total. The summed E-state index contributed by atoms with van der Waals surface area (Å²) in [5.41, 5.74) is 12.6. The molecule has 284 valence electrons. The minimum atomic E-state index is 0.702. The van der Waals surface area contributed by atoms with Crippen LogP contribution in [0.4, 0.5) is 0 Å². The van der Waals surface area contributed by atoms with Gasteiger partial charge in [-0.1, -0.05) is 182 Å². The monoisotopic (exact) mass is 793 g/mol. The van der Waals surface area contributed by atoms with Gasteiger partial charge in [0.1, 0.15) is 0 Å². The lowest BCUT2D eigenvalue weighted by Gasteiger charge is -2.13. The first-order chi connectivity index (χ1) is 30.2. The summed E-state index contributed by atoms with van der Waals surface area (Å²) in [5, 5.41) is 8.65. The number of fused-ring (bicyclic) bond motifs is 8. The van der Waals surface area contributed by atoms with Crippen molar-refractivity contribution in [3.05, 3.63) is 212 Å². The molecule has 4 heteroatoms. The molecule has 0 saturated carbocycles. The van der Waals surface area contributed by atoms with Gasteiger partial charge in [0.25, 0.3) is 0 Å². The molecule has 3 heterocycles. The summed E-state index contributed by atoms with van der Waals surface area (Å²) in [4.78, 5) is 15.7. The first-order valence-electron chi connectivity index (χ1n) is 20.6. The van der Waals surface area contributed by atoms with E-state index in [2.05, 4.69) is 176 Å². The van der Waals surface area contributed by atoms with Crippen molar-refractivity contribution in [2.45, 2.75) is 0 Å². The highest BCUT2D eigenvalue weighted by Gasteiger charge is 2.19. The predicted molar refractivity (Wildman–Crippen MR) is 258 cm³/mol. The number of benzene rings is 9. The van der Waals surface area contributed by atoms with Gasteiger partial charge in [0.15, 0.2) is 5.82 Å². The van der Waals surface area contributed by atoms with Gasteiger partial charge in [-0.25, -0.2) is 15.0 Å². The van der Waals surface area contributed by atoms with Gasteiger partial charge in [-0.05, 0) is 74.1 Å². The molecule has 0 aliphatic rings.